The summed E-state index contributed by atoms with van der Waals surface area (Å²) < 4.78 is 4.80. The molecule has 5 nitrogen and oxygen atoms in total. The number of amides is 1. The zero-order chi connectivity index (χ0) is 12.3. The number of carbonyl (C=O) groups excluding carboxylic acids is 1. The quantitative estimate of drug-likeness (QED) is 0.772. The topological polar surface area (TPSA) is 75.8 Å². The van der Waals surface area contributed by atoms with Gasteiger partial charge in [0.15, 0.2) is 0 Å². The van der Waals surface area contributed by atoms with Crippen molar-refractivity contribution < 1.29 is 14.6 Å². The van der Waals surface area contributed by atoms with E-state index in [4.69, 9.17) is 10.5 Å². The van der Waals surface area contributed by atoms with Crippen LogP contribution in [-0.2, 0) is 4.74 Å². The van der Waals surface area contributed by atoms with Gasteiger partial charge in [-0.15, -0.1) is 0 Å². The molecule has 1 saturated heterocycles. The molecule has 1 heterocycles. The van der Waals surface area contributed by atoms with Crippen molar-refractivity contribution in [3.63, 3.8) is 0 Å². The Hall–Kier alpha value is -0.810. The van der Waals surface area contributed by atoms with Crippen molar-refractivity contribution >= 4 is 6.09 Å². The standard InChI is InChI=1S/C12H22N2O3/c13-10(8-9-4-2-1-3-5-9)11(15)14-6-7-17-12(14)16/h9-11,15H,1-8,13H2. The van der Waals surface area contributed by atoms with Crippen molar-refractivity contribution in [2.45, 2.75) is 50.8 Å². The lowest BCUT2D eigenvalue weighted by Crippen LogP contribution is -2.49. The number of aliphatic hydroxyl groups excluding tert-OH is 1. The van der Waals surface area contributed by atoms with Crippen molar-refractivity contribution in [2.24, 2.45) is 11.7 Å². The molecule has 1 saturated carbocycles. The summed E-state index contributed by atoms with van der Waals surface area (Å²) in [6.07, 6.45) is 5.69. The SMILES string of the molecule is NC(CC1CCCCC1)C(O)N1CCOC1=O. The van der Waals surface area contributed by atoms with Gasteiger partial charge in [0.05, 0.1) is 6.54 Å². The Morgan fingerprint density at radius 2 is 2.12 bits per heavy atom. The highest BCUT2D eigenvalue weighted by Crippen LogP contribution is 2.28. The van der Waals surface area contributed by atoms with Gasteiger partial charge in [0.2, 0.25) is 0 Å². The summed E-state index contributed by atoms with van der Waals surface area (Å²) >= 11 is 0. The molecule has 0 aromatic carbocycles. The van der Waals surface area contributed by atoms with Crippen LogP contribution in [0.5, 0.6) is 0 Å². The molecule has 2 unspecified atom stereocenters. The lowest BCUT2D eigenvalue weighted by Gasteiger charge is -2.30. The summed E-state index contributed by atoms with van der Waals surface area (Å²) in [7, 11) is 0. The van der Waals surface area contributed by atoms with Crippen LogP contribution in [0.3, 0.4) is 0 Å². The molecule has 0 radical (unpaired) electrons. The average molecular weight is 242 g/mol. The summed E-state index contributed by atoms with van der Waals surface area (Å²) in [5.74, 6) is 0.604. The smallest absolute Gasteiger partial charge is 0.412 e. The second-order valence-corrected chi connectivity index (χ2v) is 5.12. The highest BCUT2D eigenvalue weighted by molar-refractivity contribution is 5.69. The van der Waals surface area contributed by atoms with E-state index in [1.54, 1.807) is 0 Å². The molecule has 3 N–H and O–H groups in total. The van der Waals surface area contributed by atoms with Crippen molar-refractivity contribution in [1.82, 2.24) is 4.90 Å². The third-order valence-corrected chi connectivity index (χ3v) is 3.82. The van der Waals surface area contributed by atoms with Gasteiger partial charge in [-0.3, -0.25) is 4.90 Å². The molecule has 2 fully saturated rings. The lowest BCUT2D eigenvalue weighted by atomic mass is 9.84. The first-order valence-electron chi connectivity index (χ1n) is 6.55. The molecular formula is C12H22N2O3. The van der Waals surface area contributed by atoms with Crippen LogP contribution in [0, 0.1) is 5.92 Å². The number of hydrogen-bond acceptors (Lipinski definition) is 4. The Morgan fingerprint density at radius 1 is 1.41 bits per heavy atom. The molecule has 5 heteroatoms. The summed E-state index contributed by atoms with van der Waals surface area (Å²) in [5.41, 5.74) is 5.99. The second kappa shape index (κ2) is 5.69. The van der Waals surface area contributed by atoms with Gasteiger partial charge in [-0.05, 0) is 12.3 Å². The van der Waals surface area contributed by atoms with E-state index in [-0.39, 0.29) is 6.04 Å². The maximum Gasteiger partial charge on any atom is 0.412 e. The van der Waals surface area contributed by atoms with Crippen LogP contribution in [0.1, 0.15) is 38.5 Å². The summed E-state index contributed by atoms with van der Waals surface area (Å²) in [5, 5.41) is 10.0. The Labute approximate surface area is 102 Å². The molecule has 0 aromatic heterocycles. The van der Waals surface area contributed by atoms with E-state index in [0.717, 1.165) is 6.42 Å². The van der Waals surface area contributed by atoms with Crippen LogP contribution in [0.25, 0.3) is 0 Å². The molecule has 2 rings (SSSR count). The second-order valence-electron chi connectivity index (χ2n) is 5.12. The van der Waals surface area contributed by atoms with Crippen LogP contribution < -0.4 is 5.73 Å². The summed E-state index contributed by atoms with van der Waals surface area (Å²) in [6, 6.07) is -0.358. The maximum atomic E-state index is 11.3. The maximum absolute atomic E-state index is 11.3. The number of nitrogens with two attached hydrogens (primary N) is 1. The minimum Gasteiger partial charge on any atom is -0.447 e. The minimum absolute atomic E-state index is 0.353. The summed E-state index contributed by atoms with van der Waals surface area (Å²) in [4.78, 5) is 12.6. The molecule has 0 aromatic rings. The number of rotatable bonds is 4. The van der Waals surface area contributed by atoms with Gasteiger partial charge in [0.1, 0.15) is 12.8 Å². The highest BCUT2D eigenvalue weighted by atomic mass is 16.6. The number of hydrogen-bond donors (Lipinski definition) is 2. The molecule has 1 aliphatic carbocycles. The molecule has 17 heavy (non-hydrogen) atoms. The molecule has 2 aliphatic rings. The molecule has 0 bridgehead atoms. The van der Waals surface area contributed by atoms with Crippen molar-refractivity contribution in [2.75, 3.05) is 13.2 Å². The Bertz CT molecular complexity index is 266. The van der Waals surface area contributed by atoms with Crippen molar-refractivity contribution in [1.29, 1.82) is 0 Å². The molecular weight excluding hydrogens is 220 g/mol. The van der Waals surface area contributed by atoms with Gasteiger partial charge in [0, 0.05) is 6.04 Å². The fraction of sp³-hybridized carbons (Fsp3) is 0.917. The van der Waals surface area contributed by atoms with E-state index in [1.165, 1.54) is 37.0 Å². The first-order chi connectivity index (χ1) is 8.18. The molecule has 2 atom stereocenters. The van der Waals surface area contributed by atoms with Crippen LogP contribution in [0.15, 0.2) is 0 Å². The first kappa shape index (κ1) is 12.6. The van der Waals surface area contributed by atoms with Crippen molar-refractivity contribution in [3.8, 4) is 0 Å². The zero-order valence-electron chi connectivity index (χ0n) is 10.2. The van der Waals surface area contributed by atoms with E-state index >= 15 is 0 Å². The van der Waals surface area contributed by atoms with Gasteiger partial charge in [-0.25, -0.2) is 4.79 Å². The van der Waals surface area contributed by atoms with Gasteiger partial charge < -0.3 is 15.6 Å². The Balaban J connectivity index is 1.81. The number of ether oxygens (including phenoxy) is 1. The molecule has 0 spiro atoms. The fourth-order valence-electron chi connectivity index (χ4n) is 2.81. The lowest BCUT2D eigenvalue weighted by molar-refractivity contribution is 0.0108. The summed E-state index contributed by atoms with van der Waals surface area (Å²) in [6.45, 7) is 0.796. The van der Waals surface area contributed by atoms with Crippen molar-refractivity contribution in [3.05, 3.63) is 0 Å². The average Bonchev–Trinajstić information content (AvgIpc) is 2.76. The van der Waals surface area contributed by atoms with Gasteiger partial charge in [-0.1, -0.05) is 32.1 Å². The Kier molecular flexibility index (Phi) is 4.23. The van der Waals surface area contributed by atoms with Gasteiger partial charge in [0.25, 0.3) is 0 Å². The van der Waals surface area contributed by atoms with E-state index in [9.17, 15) is 9.90 Å². The largest absolute Gasteiger partial charge is 0.447 e. The Morgan fingerprint density at radius 3 is 2.71 bits per heavy atom. The van der Waals surface area contributed by atoms with E-state index in [1.807, 2.05) is 0 Å². The predicted octanol–water partition coefficient (Wildman–Crippen LogP) is 1.05. The molecule has 98 valence electrons. The van der Waals surface area contributed by atoms with E-state index < -0.39 is 12.3 Å². The number of nitrogens with zero attached hydrogens (tertiary/aromatic N) is 1. The number of carbonyl (C=O) groups is 1. The normalized spacial score (nSPS) is 25.8. The third-order valence-electron chi connectivity index (χ3n) is 3.82. The molecule has 1 aliphatic heterocycles. The third kappa shape index (κ3) is 3.10. The van der Waals surface area contributed by atoms with Crippen LogP contribution in [-0.4, -0.2) is 41.5 Å². The van der Waals surface area contributed by atoms with E-state index in [0.29, 0.717) is 19.1 Å². The first-order valence-corrected chi connectivity index (χ1v) is 6.55. The van der Waals surface area contributed by atoms with Crippen LogP contribution in [0.4, 0.5) is 4.79 Å². The monoisotopic (exact) mass is 242 g/mol. The van der Waals surface area contributed by atoms with E-state index in [2.05, 4.69) is 0 Å². The number of cyclic esters (lactones) is 1. The van der Waals surface area contributed by atoms with Crippen LogP contribution in [0.2, 0.25) is 0 Å². The zero-order valence-corrected chi connectivity index (χ0v) is 10.2. The minimum atomic E-state index is -0.896. The predicted molar refractivity (Wildman–Crippen MR) is 63.2 cm³/mol. The fourth-order valence-corrected chi connectivity index (χ4v) is 2.81. The van der Waals surface area contributed by atoms with Gasteiger partial charge in [-0.2, -0.15) is 0 Å². The number of aliphatic hydroxyl groups is 1. The highest BCUT2D eigenvalue weighted by Gasteiger charge is 2.33. The molecule has 1 amide bonds. The van der Waals surface area contributed by atoms with Gasteiger partial charge >= 0.3 is 6.09 Å². The van der Waals surface area contributed by atoms with Crippen LogP contribution >= 0.6 is 0 Å².